The minimum atomic E-state index is -0.0844. The molecule has 1 rings (SSSR count). The number of hydrogen-bond donors (Lipinski definition) is 1. The molecule has 0 atom stereocenters. The van der Waals surface area contributed by atoms with Gasteiger partial charge in [0.25, 0.3) is 0 Å². The van der Waals surface area contributed by atoms with Crippen LogP contribution in [0, 0.1) is 5.41 Å². The fourth-order valence-electron chi connectivity index (χ4n) is 1.51. The van der Waals surface area contributed by atoms with Gasteiger partial charge in [0.1, 0.15) is 0 Å². The highest BCUT2D eigenvalue weighted by Crippen LogP contribution is 2.22. The van der Waals surface area contributed by atoms with Crippen LogP contribution in [0.25, 0.3) is 0 Å². The van der Waals surface area contributed by atoms with E-state index < -0.39 is 0 Å². The van der Waals surface area contributed by atoms with Crippen LogP contribution in [0.5, 0.6) is 0 Å². The van der Waals surface area contributed by atoms with Crippen molar-refractivity contribution < 1.29 is 4.74 Å². The Morgan fingerprint density at radius 3 is 2.50 bits per heavy atom. The van der Waals surface area contributed by atoms with E-state index in [2.05, 4.69) is 13.8 Å². The van der Waals surface area contributed by atoms with Crippen molar-refractivity contribution in [1.29, 1.82) is 0 Å². The van der Waals surface area contributed by atoms with Crippen LogP contribution in [0.2, 0.25) is 5.02 Å². The lowest BCUT2D eigenvalue weighted by atomic mass is 9.88. The summed E-state index contributed by atoms with van der Waals surface area (Å²) >= 11 is 10.8. The number of nitrogens with two attached hydrogens (primary N) is 1. The quantitative estimate of drug-likeness (QED) is 0.609. The molecule has 0 spiro atoms. The summed E-state index contributed by atoms with van der Waals surface area (Å²) in [5.74, 6) is 0. The van der Waals surface area contributed by atoms with Crippen molar-refractivity contribution in [3.8, 4) is 0 Å². The molecule has 0 amide bonds. The van der Waals surface area contributed by atoms with E-state index >= 15 is 0 Å². The first-order valence-corrected chi connectivity index (χ1v) is 6.82. The van der Waals surface area contributed by atoms with E-state index in [1.54, 1.807) is 0 Å². The number of rotatable bonds is 7. The summed E-state index contributed by atoms with van der Waals surface area (Å²) in [6.45, 7) is 5.46. The highest BCUT2D eigenvalue weighted by molar-refractivity contribution is 7.80. The first-order valence-electron chi connectivity index (χ1n) is 6.04. The van der Waals surface area contributed by atoms with Gasteiger partial charge in [-0.2, -0.15) is 0 Å². The largest absolute Gasteiger partial charge is 0.393 e. The van der Waals surface area contributed by atoms with E-state index in [0.29, 0.717) is 18.2 Å². The van der Waals surface area contributed by atoms with Crippen LogP contribution < -0.4 is 5.73 Å². The highest BCUT2D eigenvalue weighted by atomic mass is 35.5. The second kappa shape index (κ2) is 7.07. The van der Waals surface area contributed by atoms with Crippen molar-refractivity contribution in [2.75, 3.05) is 6.61 Å². The summed E-state index contributed by atoms with van der Waals surface area (Å²) in [5, 5.41) is 0.747. The summed E-state index contributed by atoms with van der Waals surface area (Å²) in [6.07, 6.45) is 1.90. The van der Waals surface area contributed by atoms with Crippen LogP contribution in [0.3, 0.4) is 0 Å². The van der Waals surface area contributed by atoms with Crippen molar-refractivity contribution in [1.82, 2.24) is 0 Å². The number of hydrogen-bond acceptors (Lipinski definition) is 2. The molecule has 100 valence electrons. The molecule has 0 bridgehead atoms. The Morgan fingerprint density at radius 1 is 1.33 bits per heavy atom. The van der Waals surface area contributed by atoms with E-state index in [1.165, 1.54) is 0 Å². The van der Waals surface area contributed by atoms with Crippen molar-refractivity contribution in [3.05, 3.63) is 34.9 Å². The monoisotopic (exact) mass is 285 g/mol. The maximum atomic E-state index is 5.81. The summed E-state index contributed by atoms with van der Waals surface area (Å²) in [6, 6.07) is 7.69. The van der Waals surface area contributed by atoms with Crippen molar-refractivity contribution in [3.63, 3.8) is 0 Å². The summed E-state index contributed by atoms with van der Waals surface area (Å²) in [4.78, 5) is 0.570. The molecule has 2 nitrogen and oxygen atoms in total. The Hall–Kier alpha value is -0.640. The second-order valence-corrected chi connectivity index (χ2v) is 5.91. The van der Waals surface area contributed by atoms with Gasteiger partial charge in [-0.3, -0.25) is 0 Å². The molecule has 18 heavy (non-hydrogen) atoms. The van der Waals surface area contributed by atoms with Gasteiger partial charge in [-0.05, 0) is 30.5 Å². The van der Waals surface area contributed by atoms with Crippen LogP contribution in [0.1, 0.15) is 32.3 Å². The van der Waals surface area contributed by atoms with E-state index in [-0.39, 0.29) is 5.41 Å². The third-order valence-corrected chi connectivity index (χ3v) is 3.74. The van der Waals surface area contributed by atoms with Gasteiger partial charge in [0.05, 0.1) is 11.6 Å². The molecule has 0 aliphatic carbocycles. The average Bonchev–Trinajstić information content (AvgIpc) is 2.31. The predicted octanol–water partition coefficient (Wildman–Crippen LogP) is 3.95. The van der Waals surface area contributed by atoms with Gasteiger partial charge in [-0.25, -0.2) is 0 Å². The van der Waals surface area contributed by atoms with Gasteiger partial charge in [0.2, 0.25) is 0 Å². The molecule has 0 unspecified atom stereocenters. The lowest BCUT2D eigenvalue weighted by Crippen LogP contribution is -2.29. The van der Waals surface area contributed by atoms with E-state index in [1.807, 2.05) is 24.3 Å². The van der Waals surface area contributed by atoms with Gasteiger partial charge in [-0.1, -0.05) is 49.8 Å². The molecular formula is C14H20ClNOS. The molecule has 0 saturated heterocycles. The normalized spacial score (nSPS) is 11.5. The standard InChI is InChI=1S/C14H20ClNOS/c1-14(2,13(16)18)8-3-9-17-10-11-4-6-12(15)7-5-11/h4-7H,3,8-10H2,1-2H3,(H2,16,18). The average molecular weight is 286 g/mol. The molecule has 0 aromatic heterocycles. The molecule has 0 saturated carbocycles. The lowest BCUT2D eigenvalue weighted by Gasteiger charge is -2.22. The Balaban J connectivity index is 2.20. The fraction of sp³-hybridized carbons (Fsp3) is 0.500. The molecule has 0 aliphatic rings. The molecular weight excluding hydrogens is 266 g/mol. The van der Waals surface area contributed by atoms with Gasteiger partial charge in [0.15, 0.2) is 0 Å². The predicted molar refractivity (Wildman–Crippen MR) is 80.9 cm³/mol. The molecule has 1 aromatic rings. The molecule has 0 aliphatic heterocycles. The Morgan fingerprint density at radius 2 is 1.94 bits per heavy atom. The van der Waals surface area contributed by atoms with E-state index in [0.717, 1.165) is 23.4 Å². The van der Waals surface area contributed by atoms with Gasteiger partial charge in [0, 0.05) is 17.0 Å². The van der Waals surface area contributed by atoms with Crippen LogP contribution >= 0.6 is 23.8 Å². The summed E-state index contributed by atoms with van der Waals surface area (Å²) in [7, 11) is 0. The zero-order valence-corrected chi connectivity index (χ0v) is 12.5. The third-order valence-electron chi connectivity index (χ3n) is 2.94. The Kier molecular flexibility index (Phi) is 6.06. The minimum absolute atomic E-state index is 0.0844. The van der Waals surface area contributed by atoms with E-state index in [9.17, 15) is 0 Å². The topological polar surface area (TPSA) is 35.2 Å². The zero-order valence-electron chi connectivity index (χ0n) is 10.9. The number of thiocarbonyl (C=S) groups is 1. The number of halogens is 1. The van der Waals surface area contributed by atoms with Crippen molar-refractivity contribution in [2.24, 2.45) is 11.1 Å². The first kappa shape index (κ1) is 15.4. The molecule has 2 N–H and O–H groups in total. The second-order valence-electron chi connectivity index (χ2n) is 5.03. The highest BCUT2D eigenvalue weighted by Gasteiger charge is 2.20. The van der Waals surface area contributed by atoms with Gasteiger partial charge >= 0.3 is 0 Å². The molecule has 0 heterocycles. The first-order chi connectivity index (χ1) is 8.42. The molecule has 0 radical (unpaired) electrons. The van der Waals surface area contributed by atoms with Crippen LogP contribution in [0.4, 0.5) is 0 Å². The minimum Gasteiger partial charge on any atom is -0.393 e. The van der Waals surface area contributed by atoms with Crippen LogP contribution in [-0.2, 0) is 11.3 Å². The molecule has 1 aromatic carbocycles. The third kappa shape index (κ3) is 5.34. The summed E-state index contributed by atoms with van der Waals surface area (Å²) in [5.41, 5.74) is 6.72. The Bertz CT molecular complexity index is 389. The van der Waals surface area contributed by atoms with Crippen molar-refractivity contribution in [2.45, 2.75) is 33.3 Å². The maximum Gasteiger partial charge on any atom is 0.0784 e. The van der Waals surface area contributed by atoms with Gasteiger partial charge in [-0.15, -0.1) is 0 Å². The Labute approximate surface area is 119 Å². The van der Waals surface area contributed by atoms with Crippen LogP contribution in [0.15, 0.2) is 24.3 Å². The SMILES string of the molecule is CC(C)(CCCOCc1ccc(Cl)cc1)C(N)=S. The maximum absolute atomic E-state index is 5.81. The van der Waals surface area contributed by atoms with Crippen molar-refractivity contribution >= 4 is 28.8 Å². The zero-order chi connectivity index (χ0) is 13.6. The molecule has 0 fully saturated rings. The lowest BCUT2D eigenvalue weighted by molar-refractivity contribution is 0.113. The van der Waals surface area contributed by atoms with E-state index in [4.69, 9.17) is 34.3 Å². The number of ether oxygens (including phenoxy) is 1. The summed E-state index contributed by atoms with van der Waals surface area (Å²) < 4.78 is 5.61. The van der Waals surface area contributed by atoms with Gasteiger partial charge < -0.3 is 10.5 Å². The molecule has 4 heteroatoms. The fourth-order valence-corrected chi connectivity index (χ4v) is 1.74. The number of benzene rings is 1. The van der Waals surface area contributed by atoms with Crippen LogP contribution in [-0.4, -0.2) is 11.6 Å². The smallest absolute Gasteiger partial charge is 0.0784 e.